The second-order valence-electron chi connectivity index (χ2n) is 4.49. The van der Waals surface area contributed by atoms with Crippen LogP contribution in [0.5, 0.6) is 0 Å². The maximum atomic E-state index is 5.49. The molecule has 1 fully saturated rings. The highest BCUT2D eigenvalue weighted by molar-refractivity contribution is 5.79. The Bertz CT molecular complexity index is 533. The van der Waals surface area contributed by atoms with Crippen LogP contribution in [0.15, 0.2) is 30.3 Å². The molecule has 1 saturated heterocycles. The third-order valence-corrected chi connectivity index (χ3v) is 3.18. The summed E-state index contributed by atoms with van der Waals surface area (Å²) in [5, 5.41) is 4.66. The summed E-state index contributed by atoms with van der Waals surface area (Å²) in [4.78, 5) is 4.51. The summed E-state index contributed by atoms with van der Waals surface area (Å²) in [5.74, 6) is 0. The predicted octanol–water partition coefficient (Wildman–Crippen LogP) is 2.20. The van der Waals surface area contributed by atoms with E-state index in [0.29, 0.717) is 6.04 Å². The number of ether oxygens (including phenoxy) is 1. The first-order chi connectivity index (χ1) is 8.33. The van der Waals surface area contributed by atoms with E-state index in [4.69, 9.17) is 4.74 Å². The molecule has 1 aromatic carbocycles. The van der Waals surface area contributed by atoms with Crippen LogP contribution in [0.25, 0.3) is 10.9 Å². The molecule has 1 unspecified atom stereocenters. The van der Waals surface area contributed by atoms with E-state index >= 15 is 0 Å². The van der Waals surface area contributed by atoms with Crippen LogP contribution in [0.1, 0.15) is 17.3 Å². The van der Waals surface area contributed by atoms with Crippen molar-refractivity contribution in [2.75, 3.05) is 19.8 Å². The topological polar surface area (TPSA) is 34.1 Å². The molecule has 1 N–H and O–H groups in total. The number of hydrogen-bond donors (Lipinski definition) is 1. The molecule has 3 heteroatoms. The van der Waals surface area contributed by atoms with Crippen molar-refractivity contribution in [3.8, 4) is 0 Å². The SMILES string of the molecule is Cc1ccc2cc(C3COCCN3)ccc2n1. The van der Waals surface area contributed by atoms with Crippen molar-refractivity contribution in [2.24, 2.45) is 0 Å². The van der Waals surface area contributed by atoms with Gasteiger partial charge in [-0.25, -0.2) is 0 Å². The predicted molar refractivity (Wildman–Crippen MR) is 68.0 cm³/mol. The first-order valence-corrected chi connectivity index (χ1v) is 6.01. The Balaban J connectivity index is 1.98. The fourth-order valence-electron chi connectivity index (χ4n) is 2.24. The van der Waals surface area contributed by atoms with Crippen LogP contribution in [0, 0.1) is 6.92 Å². The van der Waals surface area contributed by atoms with Gasteiger partial charge in [0.1, 0.15) is 0 Å². The fraction of sp³-hybridized carbons (Fsp3) is 0.357. The lowest BCUT2D eigenvalue weighted by Gasteiger charge is -2.24. The minimum absolute atomic E-state index is 0.314. The molecule has 1 aromatic heterocycles. The number of nitrogens with one attached hydrogen (secondary N) is 1. The fourth-order valence-corrected chi connectivity index (χ4v) is 2.24. The number of aromatic nitrogens is 1. The molecule has 17 heavy (non-hydrogen) atoms. The van der Waals surface area contributed by atoms with Gasteiger partial charge in [-0.1, -0.05) is 12.1 Å². The second kappa shape index (κ2) is 4.43. The summed E-state index contributed by atoms with van der Waals surface area (Å²) in [6.45, 7) is 4.51. The van der Waals surface area contributed by atoms with Crippen LogP contribution in [0.4, 0.5) is 0 Å². The average molecular weight is 228 g/mol. The number of rotatable bonds is 1. The molecule has 88 valence electrons. The van der Waals surface area contributed by atoms with Crippen LogP contribution < -0.4 is 5.32 Å². The molecule has 0 bridgehead atoms. The summed E-state index contributed by atoms with van der Waals surface area (Å²) in [7, 11) is 0. The summed E-state index contributed by atoms with van der Waals surface area (Å²) in [6, 6.07) is 10.9. The Morgan fingerprint density at radius 1 is 1.29 bits per heavy atom. The van der Waals surface area contributed by atoms with Crippen molar-refractivity contribution >= 4 is 10.9 Å². The summed E-state index contributed by atoms with van der Waals surface area (Å²) >= 11 is 0. The molecule has 2 aromatic rings. The Kier molecular flexibility index (Phi) is 2.79. The van der Waals surface area contributed by atoms with Crippen LogP contribution in [0.2, 0.25) is 0 Å². The van der Waals surface area contributed by atoms with Crippen LogP contribution >= 0.6 is 0 Å². The van der Waals surface area contributed by atoms with Crippen molar-refractivity contribution in [1.29, 1.82) is 0 Å². The van der Waals surface area contributed by atoms with Gasteiger partial charge in [-0.2, -0.15) is 0 Å². The number of aryl methyl sites for hydroxylation is 1. The molecule has 0 spiro atoms. The molecule has 1 aliphatic rings. The lowest BCUT2D eigenvalue weighted by atomic mass is 10.0. The Hall–Kier alpha value is -1.45. The van der Waals surface area contributed by atoms with Gasteiger partial charge in [-0.15, -0.1) is 0 Å². The first kappa shape index (κ1) is 10.7. The molecule has 1 aliphatic heterocycles. The van der Waals surface area contributed by atoms with E-state index in [2.05, 4.69) is 40.6 Å². The Morgan fingerprint density at radius 2 is 2.24 bits per heavy atom. The van der Waals surface area contributed by atoms with Crippen molar-refractivity contribution in [3.63, 3.8) is 0 Å². The summed E-state index contributed by atoms with van der Waals surface area (Å²) in [5.41, 5.74) is 3.40. The molecular weight excluding hydrogens is 212 g/mol. The highest BCUT2D eigenvalue weighted by atomic mass is 16.5. The van der Waals surface area contributed by atoms with E-state index in [0.717, 1.165) is 31.0 Å². The molecule has 1 atom stereocenters. The van der Waals surface area contributed by atoms with Crippen LogP contribution in [-0.4, -0.2) is 24.7 Å². The normalized spacial score (nSPS) is 20.6. The van der Waals surface area contributed by atoms with Crippen molar-refractivity contribution in [1.82, 2.24) is 10.3 Å². The summed E-state index contributed by atoms with van der Waals surface area (Å²) in [6.07, 6.45) is 0. The smallest absolute Gasteiger partial charge is 0.0705 e. The van der Waals surface area contributed by atoms with Gasteiger partial charge in [0, 0.05) is 17.6 Å². The van der Waals surface area contributed by atoms with Crippen LogP contribution in [0.3, 0.4) is 0 Å². The maximum Gasteiger partial charge on any atom is 0.0705 e. The van der Waals surface area contributed by atoms with Crippen molar-refractivity contribution in [2.45, 2.75) is 13.0 Å². The quantitative estimate of drug-likeness (QED) is 0.812. The van der Waals surface area contributed by atoms with Gasteiger partial charge >= 0.3 is 0 Å². The number of benzene rings is 1. The van der Waals surface area contributed by atoms with Crippen LogP contribution in [-0.2, 0) is 4.74 Å². The van der Waals surface area contributed by atoms with Gasteiger partial charge in [0.15, 0.2) is 0 Å². The zero-order valence-corrected chi connectivity index (χ0v) is 9.94. The van der Waals surface area contributed by atoms with E-state index in [1.807, 2.05) is 6.92 Å². The molecule has 2 heterocycles. The van der Waals surface area contributed by atoms with Gasteiger partial charge in [-0.05, 0) is 30.7 Å². The van der Waals surface area contributed by atoms with E-state index in [-0.39, 0.29) is 0 Å². The van der Waals surface area contributed by atoms with Gasteiger partial charge in [-0.3, -0.25) is 4.98 Å². The molecule has 3 rings (SSSR count). The Morgan fingerprint density at radius 3 is 3.06 bits per heavy atom. The molecule has 0 amide bonds. The van der Waals surface area contributed by atoms with Crippen molar-refractivity contribution in [3.05, 3.63) is 41.6 Å². The lowest BCUT2D eigenvalue weighted by molar-refractivity contribution is 0.0769. The molecular formula is C14H16N2O. The summed E-state index contributed by atoms with van der Waals surface area (Å²) < 4.78 is 5.49. The van der Waals surface area contributed by atoms with Gasteiger partial charge in [0.2, 0.25) is 0 Å². The molecule has 0 saturated carbocycles. The van der Waals surface area contributed by atoms with E-state index in [1.165, 1.54) is 10.9 Å². The number of fused-ring (bicyclic) bond motifs is 1. The molecule has 0 radical (unpaired) electrons. The van der Waals surface area contributed by atoms with Crippen molar-refractivity contribution < 1.29 is 4.74 Å². The number of morpholine rings is 1. The van der Waals surface area contributed by atoms with Gasteiger partial charge < -0.3 is 10.1 Å². The lowest BCUT2D eigenvalue weighted by Crippen LogP contribution is -2.34. The molecule has 3 nitrogen and oxygen atoms in total. The van der Waals surface area contributed by atoms with Gasteiger partial charge in [0.25, 0.3) is 0 Å². The number of pyridine rings is 1. The number of hydrogen-bond acceptors (Lipinski definition) is 3. The first-order valence-electron chi connectivity index (χ1n) is 6.01. The zero-order valence-electron chi connectivity index (χ0n) is 9.94. The minimum Gasteiger partial charge on any atom is -0.378 e. The van der Waals surface area contributed by atoms with E-state index < -0.39 is 0 Å². The second-order valence-corrected chi connectivity index (χ2v) is 4.49. The zero-order chi connectivity index (χ0) is 11.7. The maximum absolute atomic E-state index is 5.49. The van der Waals surface area contributed by atoms with Gasteiger partial charge in [0.05, 0.1) is 24.8 Å². The van der Waals surface area contributed by atoms with E-state index in [9.17, 15) is 0 Å². The number of nitrogens with zero attached hydrogens (tertiary/aromatic N) is 1. The molecule has 0 aliphatic carbocycles. The minimum atomic E-state index is 0.314. The highest BCUT2D eigenvalue weighted by Crippen LogP contribution is 2.21. The third kappa shape index (κ3) is 2.16. The Labute approximate surface area is 101 Å². The largest absolute Gasteiger partial charge is 0.378 e. The monoisotopic (exact) mass is 228 g/mol. The van der Waals surface area contributed by atoms with E-state index in [1.54, 1.807) is 0 Å². The highest BCUT2D eigenvalue weighted by Gasteiger charge is 2.15. The standard InChI is InChI=1S/C14H16N2O/c1-10-2-3-11-8-12(4-5-13(11)16-10)14-9-17-7-6-15-14/h2-5,8,14-15H,6-7,9H2,1H3. The third-order valence-electron chi connectivity index (χ3n) is 3.18. The average Bonchev–Trinajstić information content (AvgIpc) is 2.39.